The number of benzene rings is 2. The molecule has 2 aromatic carbocycles. The van der Waals surface area contributed by atoms with Crippen LogP contribution >= 0.6 is 11.6 Å². The van der Waals surface area contributed by atoms with Crippen LogP contribution in [0.5, 0.6) is 0 Å². The standard InChI is InChI=1S/C20H22ClF2NO2/c21-17-11-15(4-8-19(17)23)24-20(26)13-3-7-18(22)14(10-13)9-12-1-5-16(25)6-2-12/h3-4,7-8,10-12,16,20,24-26H,1-2,5-6,9H2. The Balaban J connectivity index is 1.70. The Labute approximate surface area is 156 Å². The summed E-state index contributed by atoms with van der Waals surface area (Å²) in [6.45, 7) is 0. The quantitative estimate of drug-likeness (QED) is 0.651. The normalized spacial score (nSPS) is 21.4. The van der Waals surface area contributed by atoms with E-state index >= 15 is 0 Å². The Hall–Kier alpha value is -1.69. The first-order chi connectivity index (χ1) is 12.4. The van der Waals surface area contributed by atoms with Crippen molar-refractivity contribution in [3.63, 3.8) is 0 Å². The van der Waals surface area contributed by atoms with E-state index in [1.807, 2.05) is 0 Å². The van der Waals surface area contributed by atoms with Gasteiger partial charge in [-0.3, -0.25) is 0 Å². The SMILES string of the molecule is OC1CCC(Cc2cc(C(O)Nc3ccc(F)c(Cl)c3)ccc2F)CC1. The van der Waals surface area contributed by atoms with Crippen LogP contribution in [0.2, 0.25) is 5.02 Å². The van der Waals surface area contributed by atoms with Crippen LogP contribution in [-0.4, -0.2) is 16.3 Å². The highest BCUT2D eigenvalue weighted by atomic mass is 35.5. The molecule has 1 saturated carbocycles. The lowest BCUT2D eigenvalue weighted by atomic mass is 9.83. The maximum Gasteiger partial charge on any atom is 0.150 e. The molecule has 1 unspecified atom stereocenters. The van der Waals surface area contributed by atoms with Gasteiger partial charge >= 0.3 is 0 Å². The number of anilines is 1. The molecule has 0 aromatic heterocycles. The van der Waals surface area contributed by atoms with Crippen molar-refractivity contribution in [2.24, 2.45) is 5.92 Å². The molecule has 1 aliphatic carbocycles. The van der Waals surface area contributed by atoms with Gasteiger partial charge in [0.1, 0.15) is 11.6 Å². The van der Waals surface area contributed by atoms with Crippen molar-refractivity contribution in [3.05, 3.63) is 64.2 Å². The second-order valence-corrected chi connectivity index (χ2v) is 7.31. The number of hydrogen-bond acceptors (Lipinski definition) is 3. The smallest absolute Gasteiger partial charge is 0.150 e. The molecule has 6 heteroatoms. The first-order valence-electron chi connectivity index (χ1n) is 8.78. The molecule has 2 aromatic rings. The molecule has 0 amide bonds. The summed E-state index contributed by atoms with van der Waals surface area (Å²) in [7, 11) is 0. The minimum absolute atomic E-state index is 0.0403. The van der Waals surface area contributed by atoms with Crippen molar-refractivity contribution in [1.82, 2.24) is 0 Å². The zero-order chi connectivity index (χ0) is 18.7. The fraction of sp³-hybridized carbons (Fsp3) is 0.400. The van der Waals surface area contributed by atoms with Crippen molar-refractivity contribution < 1.29 is 19.0 Å². The second-order valence-electron chi connectivity index (χ2n) is 6.91. The van der Waals surface area contributed by atoms with Crippen LogP contribution in [-0.2, 0) is 6.42 Å². The van der Waals surface area contributed by atoms with Crippen LogP contribution in [0.3, 0.4) is 0 Å². The zero-order valence-electron chi connectivity index (χ0n) is 14.3. The van der Waals surface area contributed by atoms with Crippen LogP contribution in [0.15, 0.2) is 36.4 Å². The third-order valence-corrected chi connectivity index (χ3v) is 5.22. The average molecular weight is 382 g/mol. The molecule has 1 atom stereocenters. The summed E-state index contributed by atoms with van der Waals surface area (Å²) in [4.78, 5) is 0. The van der Waals surface area contributed by atoms with Gasteiger partial charge in [-0.1, -0.05) is 17.7 Å². The zero-order valence-corrected chi connectivity index (χ0v) is 15.0. The highest BCUT2D eigenvalue weighted by Gasteiger charge is 2.21. The lowest BCUT2D eigenvalue weighted by molar-refractivity contribution is 0.108. The van der Waals surface area contributed by atoms with Crippen molar-refractivity contribution >= 4 is 17.3 Å². The Morgan fingerprint density at radius 2 is 1.73 bits per heavy atom. The van der Waals surface area contributed by atoms with Crippen LogP contribution in [0.4, 0.5) is 14.5 Å². The molecule has 1 fully saturated rings. The number of rotatable bonds is 5. The second kappa shape index (κ2) is 8.33. The molecule has 0 radical (unpaired) electrons. The van der Waals surface area contributed by atoms with Gasteiger partial charge in [0.25, 0.3) is 0 Å². The number of nitrogens with one attached hydrogen (secondary N) is 1. The first-order valence-corrected chi connectivity index (χ1v) is 9.16. The maximum absolute atomic E-state index is 14.2. The topological polar surface area (TPSA) is 52.5 Å². The van der Waals surface area contributed by atoms with Crippen LogP contribution < -0.4 is 5.32 Å². The van der Waals surface area contributed by atoms with E-state index in [1.54, 1.807) is 6.07 Å². The van der Waals surface area contributed by atoms with Crippen molar-refractivity contribution in [2.45, 2.75) is 44.4 Å². The van der Waals surface area contributed by atoms with Crippen molar-refractivity contribution in [2.75, 3.05) is 5.32 Å². The predicted molar refractivity (Wildman–Crippen MR) is 98.1 cm³/mol. The Kier molecular flexibility index (Phi) is 6.12. The van der Waals surface area contributed by atoms with E-state index in [-0.39, 0.29) is 16.9 Å². The predicted octanol–water partition coefficient (Wildman–Crippen LogP) is 4.81. The van der Waals surface area contributed by atoms with Gasteiger partial charge in [-0.25, -0.2) is 8.78 Å². The summed E-state index contributed by atoms with van der Waals surface area (Å²) in [6.07, 6.45) is 2.53. The van der Waals surface area contributed by atoms with Gasteiger partial charge in [-0.15, -0.1) is 0 Å². The van der Waals surface area contributed by atoms with E-state index in [2.05, 4.69) is 5.32 Å². The summed E-state index contributed by atoms with van der Waals surface area (Å²) in [6, 6.07) is 8.60. The molecule has 0 heterocycles. The monoisotopic (exact) mass is 381 g/mol. The van der Waals surface area contributed by atoms with Crippen LogP contribution in [0, 0.1) is 17.6 Å². The van der Waals surface area contributed by atoms with Gasteiger partial charge in [0, 0.05) is 11.3 Å². The Morgan fingerprint density at radius 1 is 1.04 bits per heavy atom. The molecule has 140 valence electrons. The number of hydrogen-bond donors (Lipinski definition) is 3. The number of halogens is 3. The molecular formula is C20H22ClF2NO2. The molecule has 0 bridgehead atoms. The van der Waals surface area contributed by atoms with E-state index in [9.17, 15) is 19.0 Å². The van der Waals surface area contributed by atoms with Gasteiger partial charge in [0.15, 0.2) is 6.23 Å². The third kappa shape index (κ3) is 4.72. The summed E-state index contributed by atoms with van der Waals surface area (Å²) in [5.41, 5.74) is 1.55. The molecule has 3 rings (SSSR count). The number of aliphatic hydroxyl groups is 2. The molecule has 26 heavy (non-hydrogen) atoms. The Morgan fingerprint density at radius 3 is 2.42 bits per heavy atom. The van der Waals surface area contributed by atoms with E-state index in [0.717, 1.165) is 25.7 Å². The lowest BCUT2D eigenvalue weighted by Gasteiger charge is -2.25. The molecule has 0 spiro atoms. The van der Waals surface area contributed by atoms with Gasteiger partial charge in [0.2, 0.25) is 0 Å². The molecular weight excluding hydrogens is 360 g/mol. The molecule has 0 aliphatic heterocycles. The maximum atomic E-state index is 14.2. The van der Waals surface area contributed by atoms with E-state index < -0.39 is 12.0 Å². The summed E-state index contributed by atoms with van der Waals surface area (Å²) < 4.78 is 27.4. The third-order valence-electron chi connectivity index (χ3n) is 4.93. The molecule has 0 saturated heterocycles. The highest BCUT2D eigenvalue weighted by molar-refractivity contribution is 6.31. The summed E-state index contributed by atoms with van der Waals surface area (Å²) >= 11 is 5.74. The summed E-state index contributed by atoms with van der Waals surface area (Å²) in [5.74, 6) is -0.491. The minimum atomic E-state index is -1.07. The fourth-order valence-electron chi connectivity index (χ4n) is 3.41. The average Bonchev–Trinajstić information content (AvgIpc) is 2.62. The first kappa shape index (κ1) is 19.1. The molecule has 3 N–H and O–H groups in total. The van der Waals surface area contributed by atoms with Crippen LogP contribution in [0.1, 0.15) is 43.0 Å². The Bertz CT molecular complexity index is 763. The highest BCUT2D eigenvalue weighted by Crippen LogP contribution is 2.29. The van der Waals surface area contributed by atoms with Crippen molar-refractivity contribution in [3.8, 4) is 0 Å². The van der Waals surface area contributed by atoms with E-state index in [1.165, 1.54) is 30.3 Å². The fourth-order valence-corrected chi connectivity index (χ4v) is 3.59. The van der Waals surface area contributed by atoms with Gasteiger partial charge < -0.3 is 15.5 Å². The lowest BCUT2D eigenvalue weighted by Crippen LogP contribution is -2.20. The van der Waals surface area contributed by atoms with Gasteiger partial charge in [-0.2, -0.15) is 0 Å². The van der Waals surface area contributed by atoms with Gasteiger partial charge in [0.05, 0.1) is 11.1 Å². The van der Waals surface area contributed by atoms with Crippen LogP contribution in [0.25, 0.3) is 0 Å². The number of aliphatic hydroxyl groups excluding tert-OH is 2. The van der Waals surface area contributed by atoms with Crippen molar-refractivity contribution in [1.29, 1.82) is 0 Å². The largest absolute Gasteiger partial charge is 0.393 e. The molecule has 1 aliphatic rings. The summed E-state index contributed by atoms with van der Waals surface area (Å²) in [5, 5.41) is 22.8. The molecule has 3 nitrogen and oxygen atoms in total. The van der Waals surface area contributed by atoms with E-state index in [0.29, 0.717) is 29.2 Å². The van der Waals surface area contributed by atoms with E-state index in [4.69, 9.17) is 11.6 Å². The minimum Gasteiger partial charge on any atom is -0.393 e. The van der Waals surface area contributed by atoms with Gasteiger partial charge in [-0.05, 0) is 73.9 Å².